The fourth-order valence-corrected chi connectivity index (χ4v) is 1.33. The first-order valence-corrected chi connectivity index (χ1v) is 3.95. The number of hydrogen-bond donors (Lipinski definition) is 1. The number of hydrogen-bond acceptors (Lipinski definition) is 3. The molecule has 2 rings (SSSR count). The summed E-state index contributed by atoms with van der Waals surface area (Å²) < 4.78 is 4.81. The van der Waals surface area contributed by atoms with E-state index in [0.29, 0.717) is 5.92 Å². The second-order valence-electron chi connectivity index (χ2n) is 3.22. The molecule has 1 aliphatic carbocycles. The van der Waals surface area contributed by atoms with Crippen molar-refractivity contribution < 1.29 is 4.52 Å². The van der Waals surface area contributed by atoms with Gasteiger partial charge in [-0.25, -0.2) is 0 Å². The fraction of sp³-hybridized carbons (Fsp3) is 0.625. The van der Waals surface area contributed by atoms with E-state index in [4.69, 9.17) is 10.3 Å². The van der Waals surface area contributed by atoms with Crippen LogP contribution in [0.15, 0.2) is 10.8 Å². The zero-order valence-electron chi connectivity index (χ0n) is 6.58. The molecular formula is C8H12N2O. The molecule has 1 aromatic heterocycles. The largest absolute Gasteiger partial charge is 0.364 e. The van der Waals surface area contributed by atoms with Crippen molar-refractivity contribution in [2.45, 2.75) is 25.8 Å². The SMILES string of the molecule is Cc1nocc1C(N)C1CC1. The summed E-state index contributed by atoms with van der Waals surface area (Å²) in [5, 5.41) is 3.79. The first-order chi connectivity index (χ1) is 5.29. The lowest BCUT2D eigenvalue weighted by atomic mass is 10.1. The number of nitrogens with zero attached hydrogens (tertiary/aromatic N) is 1. The molecule has 1 heterocycles. The Morgan fingerprint density at radius 1 is 1.73 bits per heavy atom. The number of aryl methyl sites for hydroxylation is 1. The molecule has 1 saturated carbocycles. The smallest absolute Gasteiger partial charge is 0.128 e. The first kappa shape index (κ1) is 6.85. The van der Waals surface area contributed by atoms with E-state index < -0.39 is 0 Å². The zero-order chi connectivity index (χ0) is 7.84. The van der Waals surface area contributed by atoms with E-state index in [1.807, 2.05) is 6.92 Å². The van der Waals surface area contributed by atoms with Crippen LogP contribution in [-0.4, -0.2) is 5.16 Å². The van der Waals surface area contributed by atoms with Crippen LogP contribution in [0.1, 0.15) is 30.1 Å². The quantitative estimate of drug-likeness (QED) is 0.696. The Kier molecular flexibility index (Phi) is 1.46. The Hall–Kier alpha value is -0.830. The van der Waals surface area contributed by atoms with Crippen LogP contribution < -0.4 is 5.73 Å². The van der Waals surface area contributed by atoms with E-state index in [1.165, 1.54) is 12.8 Å². The third kappa shape index (κ3) is 1.16. The van der Waals surface area contributed by atoms with Gasteiger partial charge in [0.2, 0.25) is 0 Å². The summed E-state index contributed by atoms with van der Waals surface area (Å²) in [6.45, 7) is 1.93. The molecule has 1 fully saturated rings. The minimum atomic E-state index is 0.154. The molecular weight excluding hydrogens is 140 g/mol. The molecule has 1 unspecified atom stereocenters. The molecule has 2 N–H and O–H groups in total. The van der Waals surface area contributed by atoms with Gasteiger partial charge >= 0.3 is 0 Å². The third-order valence-corrected chi connectivity index (χ3v) is 2.28. The van der Waals surface area contributed by atoms with Crippen LogP contribution in [0.3, 0.4) is 0 Å². The lowest BCUT2D eigenvalue weighted by Gasteiger charge is -2.06. The molecule has 0 saturated heterocycles. The minimum Gasteiger partial charge on any atom is -0.364 e. The van der Waals surface area contributed by atoms with Gasteiger partial charge in [0.15, 0.2) is 0 Å². The average Bonchev–Trinajstić information content (AvgIpc) is 2.74. The second-order valence-corrected chi connectivity index (χ2v) is 3.22. The van der Waals surface area contributed by atoms with Crippen LogP contribution in [0.5, 0.6) is 0 Å². The molecule has 0 spiro atoms. The van der Waals surface area contributed by atoms with Gasteiger partial charge in [0, 0.05) is 11.6 Å². The lowest BCUT2D eigenvalue weighted by molar-refractivity contribution is 0.413. The first-order valence-electron chi connectivity index (χ1n) is 3.95. The van der Waals surface area contributed by atoms with Gasteiger partial charge in [0.1, 0.15) is 6.26 Å². The molecule has 1 aromatic rings. The summed E-state index contributed by atoms with van der Waals surface area (Å²) in [6, 6.07) is 0.154. The fourth-order valence-electron chi connectivity index (χ4n) is 1.33. The molecule has 0 radical (unpaired) electrons. The summed E-state index contributed by atoms with van der Waals surface area (Å²) in [6.07, 6.45) is 4.18. The van der Waals surface area contributed by atoms with Crippen molar-refractivity contribution in [3.8, 4) is 0 Å². The molecule has 60 valence electrons. The van der Waals surface area contributed by atoms with E-state index in [1.54, 1.807) is 6.26 Å². The predicted molar refractivity (Wildman–Crippen MR) is 40.9 cm³/mol. The van der Waals surface area contributed by atoms with Gasteiger partial charge in [-0.05, 0) is 25.7 Å². The topological polar surface area (TPSA) is 52.0 Å². The Morgan fingerprint density at radius 2 is 2.45 bits per heavy atom. The monoisotopic (exact) mass is 152 g/mol. The van der Waals surface area contributed by atoms with Crippen molar-refractivity contribution >= 4 is 0 Å². The van der Waals surface area contributed by atoms with E-state index >= 15 is 0 Å². The van der Waals surface area contributed by atoms with Crippen molar-refractivity contribution in [2.24, 2.45) is 11.7 Å². The molecule has 0 aliphatic heterocycles. The molecule has 3 nitrogen and oxygen atoms in total. The molecule has 0 bridgehead atoms. The summed E-state index contributed by atoms with van der Waals surface area (Å²) in [5.41, 5.74) is 7.96. The highest BCUT2D eigenvalue weighted by atomic mass is 16.5. The Labute approximate surface area is 65.6 Å². The highest BCUT2D eigenvalue weighted by Gasteiger charge is 2.31. The summed E-state index contributed by atoms with van der Waals surface area (Å²) in [7, 11) is 0. The number of nitrogens with two attached hydrogens (primary N) is 1. The standard InChI is InChI=1S/C8H12N2O/c1-5-7(4-11-10-5)8(9)6-2-3-6/h4,6,8H,2-3,9H2,1H3. The van der Waals surface area contributed by atoms with Gasteiger partial charge < -0.3 is 10.3 Å². The maximum absolute atomic E-state index is 5.95. The van der Waals surface area contributed by atoms with E-state index in [-0.39, 0.29) is 6.04 Å². The van der Waals surface area contributed by atoms with Gasteiger partial charge in [-0.3, -0.25) is 0 Å². The Bertz CT molecular complexity index is 252. The van der Waals surface area contributed by atoms with Gasteiger partial charge in [0.25, 0.3) is 0 Å². The van der Waals surface area contributed by atoms with E-state index in [0.717, 1.165) is 11.3 Å². The summed E-state index contributed by atoms with van der Waals surface area (Å²) in [5.74, 6) is 0.674. The summed E-state index contributed by atoms with van der Waals surface area (Å²) in [4.78, 5) is 0. The van der Waals surface area contributed by atoms with Crippen LogP contribution >= 0.6 is 0 Å². The predicted octanol–water partition coefficient (Wildman–Crippen LogP) is 1.39. The highest BCUT2D eigenvalue weighted by Crippen LogP contribution is 2.39. The zero-order valence-corrected chi connectivity index (χ0v) is 6.58. The normalized spacial score (nSPS) is 20.2. The molecule has 11 heavy (non-hydrogen) atoms. The lowest BCUT2D eigenvalue weighted by Crippen LogP contribution is -2.12. The van der Waals surface area contributed by atoms with Gasteiger partial charge in [-0.1, -0.05) is 5.16 Å². The van der Waals surface area contributed by atoms with Crippen LogP contribution in [0.2, 0.25) is 0 Å². The third-order valence-electron chi connectivity index (χ3n) is 2.28. The van der Waals surface area contributed by atoms with E-state index in [2.05, 4.69) is 5.16 Å². The minimum absolute atomic E-state index is 0.154. The number of rotatable bonds is 2. The van der Waals surface area contributed by atoms with Crippen molar-refractivity contribution in [3.63, 3.8) is 0 Å². The highest BCUT2D eigenvalue weighted by molar-refractivity contribution is 5.19. The Morgan fingerprint density at radius 3 is 2.91 bits per heavy atom. The van der Waals surface area contributed by atoms with Gasteiger partial charge in [-0.15, -0.1) is 0 Å². The molecule has 3 heteroatoms. The van der Waals surface area contributed by atoms with Gasteiger partial charge in [-0.2, -0.15) is 0 Å². The molecule has 0 amide bonds. The molecule has 1 aliphatic rings. The van der Waals surface area contributed by atoms with Crippen LogP contribution in [0, 0.1) is 12.8 Å². The van der Waals surface area contributed by atoms with Crippen molar-refractivity contribution in [3.05, 3.63) is 17.5 Å². The van der Waals surface area contributed by atoms with Crippen LogP contribution in [0.25, 0.3) is 0 Å². The van der Waals surface area contributed by atoms with Crippen molar-refractivity contribution in [2.75, 3.05) is 0 Å². The van der Waals surface area contributed by atoms with Crippen LogP contribution in [0.4, 0.5) is 0 Å². The molecule has 0 aromatic carbocycles. The maximum atomic E-state index is 5.95. The van der Waals surface area contributed by atoms with Gasteiger partial charge in [0.05, 0.1) is 5.69 Å². The van der Waals surface area contributed by atoms with Crippen molar-refractivity contribution in [1.82, 2.24) is 5.16 Å². The van der Waals surface area contributed by atoms with E-state index in [9.17, 15) is 0 Å². The molecule has 1 atom stereocenters. The maximum Gasteiger partial charge on any atom is 0.128 e. The number of aromatic nitrogens is 1. The van der Waals surface area contributed by atoms with Crippen LogP contribution in [-0.2, 0) is 0 Å². The summed E-state index contributed by atoms with van der Waals surface area (Å²) >= 11 is 0. The Balaban J connectivity index is 2.20. The van der Waals surface area contributed by atoms with Crippen molar-refractivity contribution in [1.29, 1.82) is 0 Å². The second kappa shape index (κ2) is 2.34. The average molecular weight is 152 g/mol.